The molecular formula is C18H27N5O2. The second-order valence-corrected chi connectivity index (χ2v) is 6.47. The van der Waals surface area contributed by atoms with Crippen LogP contribution in [0.15, 0.2) is 24.3 Å². The minimum Gasteiger partial charge on any atom is -0.497 e. The van der Waals surface area contributed by atoms with Crippen LogP contribution < -0.4 is 4.74 Å². The van der Waals surface area contributed by atoms with Gasteiger partial charge in [0.2, 0.25) is 0 Å². The SMILES string of the molecule is CCCn1nnnc1CN(Cc1cccc(OC)c1)CC1CCCO1. The Bertz CT molecular complexity index is 654. The Morgan fingerprint density at radius 2 is 2.28 bits per heavy atom. The van der Waals surface area contributed by atoms with E-state index in [4.69, 9.17) is 9.47 Å². The lowest BCUT2D eigenvalue weighted by molar-refractivity contribution is 0.0664. The molecule has 0 N–H and O–H groups in total. The molecule has 1 unspecified atom stereocenters. The molecular weight excluding hydrogens is 318 g/mol. The number of hydrogen-bond donors (Lipinski definition) is 0. The van der Waals surface area contributed by atoms with Gasteiger partial charge in [-0.3, -0.25) is 4.90 Å². The summed E-state index contributed by atoms with van der Waals surface area (Å²) in [5, 5.41) is 12.2. The van der Waals surface area contributed by atoms with Gasteiger partial charge in [0.25, 0.3) is 0 Å². The van der Waals surface area contributed by atoms with Crippen molar-refractivity contribution < 1.29 is 9.47 Å². The van der Waals surface area contributed by atoms with Crippen LogP contribution in [0.5, 0.6) is 5.75 Å². The van der Waals surface area contributed by atoms with Gasteiger partial charge in [-0.15, -0.1) is 5.10 Å². The number of rotatable bonds is 9. The summed E-state index contributed by atoms with van der Waals surface area (Å²) in [6, 6.07) is 8.20. The van der Waals surface area contributed by atoms with Crippen LogP contribution in [0.4, 0.5) is 0 Å². The third-order valence-corrected chi connectivity index (χ3v) is 4.43. The fourth-order valence-corrected chi connectivity index (χ4v) is 3.21. The fraction of sp³-hybridized carbons (Fsp3) is 0.611. The van der Waals surface area contributed by atoms with Crippen LogP contribution in [0, 0.1) is 0 Å². The molecule has 0 radical (unpaired) electrons. The molecule has 1 fully saturated rings. The lowest BCUT2D eigenvalue weighted by Crippen LogP contribution is -2.32. The third-order valence-electron chi connectivity index (χ3n) is 4.43. The van der Waals surface area contributed by atoms with Crippen molar-refractivity contribution in [3.05, 3.63) is 35.7 Å². The minimum absolute atomic E-state index is 0.293. The van der Waals surface area contributed by atoms with Gasteiger partial charge in [-0.25, -0.2) is 4.68 Å². The molecule has 0 aliphatic carbocycles. The van der Waals surface area contributed by atoms with E-state index in [1.54, 1.807) is 7.11 Å². The average molecular weight is 345 g/mol. The van der Waals surface area contributed by atoms with E-state index in [0.717, 1.165) is 57.1 Å². The maximum absolute atomic E-state index is 5.84. The lowest BCUT2D eigenvalue weighted by atomic mass is 10.1. The first kappa shape index (κ1) is 17.8. The Kier molecular flexibility index (Phi) is 6.36. The predicted molar refractivity (Wildman–Crippen MR) is 94.2 cm³/mol. The van der Waals surface area contributed by atoms with Crippen molar-refractivity contribution in [1.29, 1.82) is 0 Å². The molecule has 1 aliphatic rings. The highest BCUT2D eigenvalue weighted by atomic mass is 16.5. The van der Waals surface area contributed by atoms with Crippen LogP contribution in [0.1, 0.15) is 37.6 Å². The zero-order chi connectivity index (χ0) is 17.5. The van der Waals surface area contributed by atoms with Crippen molar-refractivity contribution in [2.45, 2.75) is 51.9 Å². The Balaban J connectivity index is 1.72. The highest BCUT2D eigenvalue weighted by molar-refractivity contribution is 5.28. The van der Waals surface area contributed by atoms with E-state index in [2.05, 4.69) is 39.5 Å². The first-order valence-corrected chi connectivity index (χ1v) is 9.00. The molecule has 0 bridgehead atoms. The number of hydrogen-bond acceptors (Lipinski definition) is 6. The average Bonchev–Trinajstić information content (AvgIpc) is 3.28. The van der Waals surface area contributed by atoms with E-state index < -0.39 is 0 Å². The van der Waals surface area contributed by atoms with Crippen molar-refractivity contribution in [1.82, 2.24) is 25.1 Å². The van der Waals surface area contributed by atoms with Gasteiger partial charge in [0.15, 0.2) is 5.82 Å². The maximum Gasteiger partial charge on any atom is 0.165 e. The maximum atomic E-state index is 5.84. The van der Waals surface area contributed by atoms with E-state index in [0.29, 0.717) is 12.6 Å². The molecule has 7 heteroatoms. The number of aromatic nitrogens is 4. The van der Waals surface area contributed by atoms with Crippen molar-refractivity contribution in [3.8, 4) is 5.75 Å². The molecule has 0 saturated carbocycles. The molecule has 1 saturated heterocycles. The minimum atomic E-state index is 0.293. The number of benzene rings is 1. The lowest BCUT2D eigenvalue weighted by Gasteiger charge is -2.25. The second-order valence-electron chi connectivity index (χ2n) is 6.47. The Morgan fingerprint density at radius 1 is 1.36 bits per heavy atom. The van der Waals surface area contributed by atoms with E-state index >= 15 is 0 Å². The summed E-state index contributed by atoms with van der Waals surface area (Å²) >= 11 is 0. The molecule has 0 spiro atoms. The number of aryl methyl sites for hydroxylation is 1. The largest absolute Gasteiger partial charge is 0.497 e. The molecule has 1 aliphatic heterocycles. The normalized spacial score (nSPS) is 17.3. The summed E-state index contributed by atoms with van der Waals surface area (Å²) in [4.78, 5) is 2.36. The monoisotopic (exact) mass is 345 g/mol. The summed E-state index contributed by atoms with van der Waals surface area (Å²) in [5.74, 6) is 1.79. The van der Waals surface area contributed by atoms with E-state index in [9.17, 15) is 0 Å². The van der Waals surface area contributed by atoms with Crippen molar-refractivity contribution >= 4 is 0 Å². The van der Waals surface area contributed by atoms with Crippen LogP contribution in [-0.2, 0) is 24.4 Å². The summed E-state index contributed by atoms with van der Waals surface area (Å²) in [7, 11) is 1.70. The molecule has 0 amide bonds. The summed E-state index contributed by atoms with van der Waals surface area (Å²) in [6.45, 7) is 6.25. The van der Waals surface area contributed by atoms with Crippen LogP contribution in [0.25, 0.3) is 0 Å². The van der Waals surface area contributed by atoms with Gasteiger partial charge in [0.05, 0.1) is 19.8 Å². The van der Waals surface area contributed by atoms with Crippen LogP contribution in [0.2, 0.25) is 0 Å². The highest BCUT2D eigenvalue weighted by Gasteiger charge is 2.21. The summed E-state index contributed by atoms with van der Waals surface area (Å²) in [6.07, 6.45) is 3.57. The molecule has 3 rings (SSSR count). The standard InChI is InChI=1S/C18H27N5O2/c1-3-9-23-18(19-20-21-23)14-22(13-17-8-5-10-25-17)12-15-6-4-7-16(11-15)24-2/h4,6-7,11,17H,3,5,8-10,12-14H2,1-2H3. The Labute approximate surface area is 148 Å². The summed E-state index contributed by atoms with van der Waals surface area (Å²) < 4.78 is 13.1. The van der Waals surface area contributed by atoms with Crippen molar-refractivity contribution in [3.63, 3.8) is 0 Å². The number of nitrogens with zero attached hydrogens (tertiary/aromatic N) is 5. The van der Waals surface area contributed by atoms with Crippen LogP contribution in [-0.4, -0.2) is 51.5 Å². The zero-order valence-corrected chi connectivity index (χ0v) is 15.1. The molecule has 1 atom stereocenters. The van der Waals surface area contributed by atoms with E-state index in [1.807, 2.05) is 16.8 Å². The molecule has 1 aromatic carbocycles. The molecule has 7 nitrogen and oxygen atoms in total. The second kappa shape index (κ2) is 8.92. The van der Waals surface area contributed by atoms with Crippen LogP contribution >= 0.6 is 0 Å². The summed E-state index contributed by atoms with van der Waals surface area (Å²) in [5.41, 5.74) is 1.21. The molecule has 1 aromatic heterocycles. The predicted octanol–water partition coefficient (Wildman–Crippen LogP) is 2.27. The highest BCUT2D eigenvalue weighted by Crippen LogP contribution is 2.19. The van der Waals surface area contributed by atoms with Gasteiger partial charge in [0.1, 0.15) is 5.75 Å². The smallest absolute Gasteiger partial charge is 0.165 e. The van der Waals surface area contributed by atoms with E-state index in [1.165, 1.54) is 5.56 Å². The number of ether oxygens (including phenoxy) is 2. The van der Waals surface area contributed by atoms with Gasteiger partial charge in [0, 0.05) is 26.2 Å². The van der Waals surface area contributed by atoms with Gasteiger partial charge >= 0.3 is 0 Å². The first-order valence-electron chi connectivity index (χ1n) is 9.00. The van der Waals surface area contributed by atoms with Gasteiger partial charge in [-0.05, 0) is 47.4 Å². The van der Waals surface area contributed by atoms with Crippen LogP contribution in [0.3, 0.4) is 0 Å². The molecule has 2 aromatic rings. The Hall–Kier alpha value is -1.99. The van der Waals surface area contributed by atoms with Gasteiger partial charge in [-0.1, -0.05) is 19.1 Å². The fourth-order valence-electron chi connectivity index (χ4n) is 3.21. The molecule has 2 heterocycles. The van der Waals surface area contributed by atoms with Gasteiger partial charge in [-0.2, -0.15) is 0 Å². The van der Waals surface area contributed by atoms with E-state index in [-0.39, 0.29) is 0 Å². The topological polar surface area (TPSA) is 65.3 Å². The molecule has 25 heavy (non-hydrogen) atoms. The van der Waals surface area contributed by atoms with Gasteiger partial charge < -0.3 is 9.47 Å². The zero-order valence-electron chi connectivity index (χ0n) is 15.1. The quantitative estimate of drug-likeness (QED) is 0.695. The first-order chi connectivity index (χ1) is 12.3. The van der Waals surface area contributed by atoms with Crippen molar-refractivity contribution in [2.75, 3.05) is 20.3 Å². The molecule has 136 valence electrons. The third kappa shape index (κ3) is 4.99. The number of tetrazole rings is 1. The van der Waals surface area contributed by atoms with Crippen molar-refractivity contribution in [2.24, 2.45) is 0 Å². The number of methoxy groups -OCH3 is 1. The Morgan fingerprint density at radius 3 is 3.04 bits per heavy atom.